The van der Waals surface area contributed by atoms with Crippen LogP contribution in [0.5, 0.6) is 0 Å². The number of nitrogens with one attached hydrogen (secondary N) is 2. The van der Waals surface area contributed by atoms with Crippen LogP contribution in [0, 0.1) is 11.3 Å². The fraction of sp³-hybridized carbons (Fsp3) is 0.630. The Bertz CT molecular complexity index is 1020. The van der Waals surface area contributed by atoms with Crippen LogP contribution >= 0.6 is 0 Å². The fourth-order valence-corrected chi connectivity index (χ4v) is 6.19. The van der Waals surface area contributed by atoms with Gasteiger partial charge >= 0.3 is 0 Å². The number of piperidine rings is 1. The largest absolute Gasteiger partial charge is 0.370 e. The number of guanidine groups is 1. The molecule has 0 amide bonds. The van der Waals surface area contributed by atoms with Crippen LogP contribution in [-0.4, -0.2) is 45.9 Å². The summed E-state index contributed by atoms with van der Waals surface area (Å²) in [6.07, 6.45) is 9.08. The molecule has 6 heteroatoms. The van der Waals surface area contributed by atoms with Crippen LogP contribution in [0.15, 0.2) is 29.1 Å². The topological polar surface area (TPSA) is 89.2 Å². The molecule has 180 valence electrons. The van der Waals surface area contributed by atoms with E-state index in [0.29, 0.717) is 24.0 Å². The molecular weight excluding hydrogens is 410 g/mol. The number of rotatable bonds is 7. The van der Waals surface area contributed by atoms with Gasteiger partial charge in [0.15, 0.2) is 5.96 Å². The average molecular weight is 452 g/mol. The summed E-state index contributed by atoms with van der Waals surface area (Å²) in [5.41, 5.74) is 8.86. The molecule has 4 N–H and O–H groups in total. The van der Waals surface area contributed by atoms with Gasteiger partial charge in [-0.3, -0.25) is 15.1 Å². The van der Waals surface area contributed by atoms with Gasteiger partial charge in [-0.25, -0.2) is 0 Å². The second-order valence-corrected chi connectivity index (χ2v) is 10.4. The van der Waals surface area contributed by atoms with Gasteiger partial charge in [-0.05, 0) is 69.6 Å². The summed E-state index contributed by atoms with van der Waals surface area (Å²) < 4.78 is 0. The van der Waals surface area contributed by atoms with E-state index in [1.165, 1.54) is 43.1 Å². The van der Waals surface area contributed by atoms with Crippen LogP contribution in [0.4, 0.5) is 0 Å². The molecule has 0 radical (unpaired) electrons. The number of aromatic amines is 1. The lowest BCUT2D eigenvalue weighted by Crippen LogP contribution is -2.46. The van der Waals surface area contributed by atoms with Crippen molar-refractivity contribution in [2.75, 3.05) is 13.1 Å². The van der Waals surface area contributed by atoms with Gasteiger partial charge in [0.25, 0.3) is 5.56 Å². The van der Waals surface area contributed by atoms with Crippen LogP contribution in [0.3, 0.4) is 0 Å². The Hall–Kier alpha value is -2.34. The molecule has 4 unspecified atom stereocenters. The van der Waals surface area contributed by atoms with E-state index >= 15 is 0 Å². The van der Waals surface area contributed by atoms with Gasteiger partial charge in [0, 0.05) is 47.7 Å². The minimum absolute atomic E-state index is 0.0192. The van der Waals surface area contributed by atoms with Gasteiger partial charge in [0.2, 0.25) is 0 Å². The first-order valence-electron chi connectivity index (χ1n) is 12.9. The maximum Gasteiger partial charge on any atom is 0.251 e. The number of nitrogens with zero attached hydrogens (tertiary/aromatic N) is 2. The Balaban J connectivity index is 1.71. The van der Waals surface area contributed by atoms with Crippen molar-refractivity contribution in [3.8, 4) is 0 Å². The SMILES string of the molecule is CCCCC(c1cccc2[nH]c(=O)c(CC3CCN(C(=N)N)C3)cc12)N1C(C)CCCC1C. The van der Waals surface area contributed by atoms with Crippen LogP contribution in [0.2, 0.25) is 0 Å². The Labute approximate surface area is 198 Å². The number of aromatic nitrogens is 1. The number of likely N-dealkylation sites (tertiary alicyclic amines) is 2. The summed E-state index contributed by atoms with van der Waals surface area (Å²) >= 11 is 0. The van der Waals surface area contributed by atoms with Crippen molar-refractivity contribution in [2.24, 2.45) is 11.7 Å². The maximum atomic E-state index is 12.9. The number of unbranched alkanes of at least 4 members (excludes halogenated alkanes) is 1. The second-order valence-electron chi connectivity index (χ2n) is 10.4. The number of hydrogen-bond acceptors (Lipinski definition) is 3. The highest BCUT2D eigenvalue weighted by Gasteiger charge is 2.32. The monoisotopic (exact) mass is 451 g/mol. The normalized spacial score (nSPS) is 24.9. The molecule has 1 aromatic carbocycles. The number of benzene rings is 1. The molecule has 4 atom stereocenters. The molecule has 2 aliphatic rings. The second kappa shape index (κ2) is 10.3. The van der Waals surface area contributed by atoms with Crippen molar-refractivity contribution in [1.82, 2.24) is 14.8 Å². The van der Waals surface area contributed by atoms with Gasteiger partial charge in [0.05, 0.1) is 0 Å². The van der Waals surface area contributed by atoms with Gasteiger partial charge in [0.1, 0.15) is 0 Å². The van der Waals surface area contributed by atoms with Crippen molar-refractivity contribution in [1.29, 1.82) is 5.41 Å². The Morgan fingerprint density at radius 3 is 2.67 bits per heavy atom. The van der Waals surface area contributed by atoms with E-state index in [-0.39, 0.29) is 11.5 Å². The number of fused-ring (bicyclic) bond motifs is 1. The first kappa shape index (κ1) is 23.8. The molecule has 33 heavy (non-hydrogen) atoms. The van der Waals surface area contributed by atoms with E-state index in [0.717, 1.165) is 43.4 Å². The first-order chi connectivity index (χ1) is 15.9. The lowest BCUT2D eigenvalue weighted by molar-refractivity contribution is 0.0496. The first-order valence-corrected chi connectivity index (χ1v) is 12.9. The molecule has 2 aliphatic heterocycles. The summed E-state index contributed by atoms with van der Waals surface area (Å²) in [6, 6.07) is 10.1. The van der Waals surface area contributed by atoms with Crippen LogP contribution in [0.25, 0.3) is 10.9 Å². The van der Waals surface area contributed by atoms with Crippen molar-refractivity contribution < 1.29 is 0 Å². The zero-order valence-corrected chi connectivity index (χ0v) is 20.6. The van der Waals surface area contributed by atoms with Gasteiger partial charge in [-0.2, -0.15) is 0 Å². The molecule has 1 aromatic heterocycles. The van der Waals surface area contributed by atoms with E-state index in [1.54, 1.807) is 0 Å². The summed E-state index contributed by atoms with van der Waals surface area (Å²) in [5, 5.41) is 8.90. The van der Waals surface area contributed by atoms with Crippen LogP contribution < -0.4 is 11.3 Å². The average Bonchev–Trinajstić information content (AvgIpc) is 3.25. The molecule has 0 spiro atoms. The third-order valence-corrected chi connectivity index (χ3v) is 7.95. The third-order valence-electron chi connectivity index (χ3n) is 7.95. The number of pyridine rings is 1. The molecule has 0 aliphatic carbocycles. The predicted octanol–water partition coefficient (Wildman–Crippen LogP) is 4.78. The fourth-order valence-electron chi connectivity index (χ4n) is 6.19. The highest BCUT2D eigenvalue weighted by atomic mass is 16.1. The third kappa shape index (κ3) is 5.11. The lowest BCUT2D eigenvalue weighted by Gasteiger charge is -2.45. The van der Waals surface area contributed by atoms with Gasteiger partial charge in [-0.1, -0.05) is 38.3 Å². The molecule has 6 nitrogen and oxygen atoms in total. The highest BCUT2D eigenvalue weighted by molar-refractivity contribution is 5.83. The molecule has 3 heterocycles. The van der Waals surface area contributed by atoms with Gasteiger partial charge in [-0.15, -0.1) is 0 Å². The molecular formula is C27H41N5O. The molecule has 2 fully saturated rings. The van der Waals surface area contributed by atoms with E-state index in [2.05, 4.69) is 48.9 Å². The summed E-state index contributed by atoms with van der Waals surface area (Å²) in [4.78, 5) is 20.8. The number of nitrogens with two attached hydrogens (primary N) is 1. The zero-order valence-electron chi connectivity index (χ0n) is 20.6. The number of hydrogen-bond donors (Lipinski definition) is 3. The Morgan fingerprint density at radius 2 is 2.00 bits per heavy atom. The van der Waals surface area contributed by atoms with Crippen LogP contribution in [0.1, 0.15) is 82.9 Å². The molecule has 4 rings (SSSR count). The van der Waals surface area contributed by atoms with Crippen molar-refractivity contribution >= 4 is 16.9 Å². The summed E-state index contributed by atoms with van der Waals surface area (Å²) in [5.74, 6) is 0.494. The van der Waals surface area contributed by atoms with Crippen molar-refractivity contribution in [3.05, 3.63) is 45.7 Å². The molecule has 0 saturated carbocycles. The smallest absolute Gasteiger partial charge is 0.251 e. The van der Waals surface area contributed by atoms with E-state index in [1.807, 2.05) is 11.0 Å². The van der Waals surface area contributed by atoms with E-state index < -0.39 is 0 Å². The minimum Gasteiger partial charge on any atom is -0.370 e. The summed E-state index contributed by atoms with van der Waals surface area (Å²) in [7, 11) is 0. The van der Waals surface area contributed by atoms with Crippen molar-refractivity contribution in [2.45, 2.75) is 90.3 Å². The lowest BCUT2D eigenvalue weighted by atomic mass is 9.88. The maximum absolute atomic E-state index is 12.9. The van der Waals surface area contributed by atoms with Crippen LogP contribution in [-0.2, 0) is 6.42 Å². The molecule has 2 aromatic rings. The van der Waals surface area contributed by atoms with Gasteiger partial charge < -0.3 is 15.6 Å². The molecule has 0 bridgehead atoms. The highest BCUT2D eigenvalue weighted by Crippen LogP contribution is 2.38. The molecule has 2 saturated heterocycles. The Kier molecular flexibility index (Phi) is 7.42. The van der Waals surface area contributed by atoms with Crippen molar-refractivity contribution in [3.63, 3.8) is 0 Å². The number of H-pyrrole nitrogens is 1. The predicted molar refractivity (Wildman–Crippen MR) is 137 cm³/mol. The summed E-state index contributed by atoms with van der Waals surface area (Å²) in [6.45, 7) is 8.60. The standard InChI is InChI=1S/C27H41N5O/c1-4-5-12-25(32-18(2)8-6-9-19(32)3)22-10-7-11-24-23(22)16-21(26(33)30-24)15-20-13-14-31(17-20)27(28)29/h7,10-11,16,18-20,25H,4-6,8-9,12-15,17H2,1-3H3,(H3,28,29)(H,30,33). The zero-order chi connectivity index (χ0) is 23.5. The van der Waals surface area contributed by atoms with E-state index in [9.17, 15) is 4.79 Å². The minimum atomic E-state index is 0.0192. The Morgan fingerprint density at radius 1 is 1.24 bits per heavy atom. The van der Waals surface area contributed by atoms with E-state index in [4.69, 9.17) is 11.1 Å². The quantitative estimate of drug-likeness (QED) is 0.417.